The summed E-state index contributed by atoms with van der Waals surface area (Å²) in [6.07, 6.45) is 4.53. The summed E-state index contributed by atoms with van der Waals surface area (Å²) in [6.45, 7) is 7.46. The van der Waals surface area contributed by atoms with Crippen LogP contribution < -0.4 is 5.32 Å². The Hall–Kier alpha value is -2.63. The lowest BCUT2D eigenvalue weighted by molar-refractivity contribution is 0.00692. The highest BCUT2D eigenvalue weighted by atomic mass is 16.6. The summed E-state index contributed by atoms with van der Waals surface area (Å²) < 4.78 is 5.45. The second kappa shape index (κ2) is 7.51. The van der Waals surface area contributed by atoms with E-state index in [4.69, 9.17) is 4.74 Å². The van der Waals surface area contributed by atoms with Gasteiger partial charge in [0, 0.05) is 31.1 Å². The number of H-pyrrole nitrogens is 1. The minimum atomic E-state index is -0.613. The Morgan fingerprint density at radius 2 is 2.04 bits per heavy atom. The highest BCUT2D eigenvalue weighted by Gasteiger charge is 2.23. The van der Waals surface area contributed by atoms with Crippen LogP contribution in [0.1, 0.15) is 72.1 Å². The average Bonchev–Trinajstić information content (AvgIpc) is 3.07. The molecule has 0 spiro atoms. The molecule has 2 N–H and O–H groups in total. The number of rotatable bonds is 5. The molecule has 0 radical (unpaired) electrons. The molecule has 2 aromatic rings. The summed E-state index contributed by atoms with van der Waals surface area (Å²) in [4.78, 5) is 32.1. The van der Waals surface area contributed by atoms with Crippen LogP contribution in [0, 0.1) is 0 Å². The van der Waals surface area contributed by atoms with E-state index in [1.54, 1.807) is 26.8 Å². The van der Waals surface area contributed by atoms with E-state index in [9.17, 15) is 9.59 Å². The minimum absolute atomic E-state index is 0.0166. The molecule has 2 heterocycles. The third kappa shape index (κ3) is 4.68. The van der Waals surface area contributed by atoms with Crippen molar-refractivity contribution in [1.29, 1.82) is 0 Å². The van der Waals surface area contributed by atoms with Crippen LogP contribution in [-0.4, -0.2) is 34.5 Å². The maximum atomic E-state index is 12.5. The summed E-state index contributed by atoms with van der Waals surface area (Å²) in [5.74, 6) is -0.821. The zero-order valence-corrected chi connectivity index (χ0v) is 15.3. The zero-order valence-electron chi connectivity index (χ0n) is 15.3. The molecule has 0 aliphatic rings. The van der Waals surface area contributed by atoms with Crippen molar-refractivity contribution in [3.05, 3.63) is 53.1 Å². The zero-order chi connectivity index (χ0) is 18.6. The van der Waals surface area contributed by atoms with Crippen molar-refractivity contribution in [2.75, 3.05) is 7.05 Å². The van der Waals surface area contributed by atoms with Crippen molar-refractivity contribution in [3.63, 3.8) is 0 Å². The van der Waals surface area contributed by atoms with Crippen LogP contribution >= 0.6 is 0 Å². The molecule has 1 atom stereocenters. The predicted octanol–water partition coefficient (Wildman–Crippen LogP) is 3.27. The average molecular weight is 343 g/mol. The van der Waals surface area contributed by atoms with Crippen LogP contribution in [0.4, 0.5) is 0 Å². The van der Waals surface area contributed by atoms with Crippen LogP contribution in [0.2, 0.25) is 0 Å². The van der Waals surface area contributed by atoms with Crippen molar-refractivity contribution >= 4 is 11.9 Å². The quantitative estimate of drug-likeness (QED) is 0.816. The first-order valence-electron chi connectivity index (χ1n) is 8.35. The first kappa shape index (κ1) is 18.7. The molecule has 2 rings (SSSR count). The Morgan fingerprint density at radius 3 is 2.56 bits per heavy atom. The van der Waals surface area contributed by atoms with Gasteiger partial charge >= 0.3 is 5.97 Å². The van der Waals surface area contributed by atoms with Crippen molar-refractivity contribution in [3.8, 4) is 0 Å². The molecule has 0 aliphatic carbocycles. The smallest absolute Gasteiger partial charge is 0.338 e. The largest absolute Gasteiger partial charge is 0.456 e. The van der Waals surface area contributed by atoms with Gasteiger partial charge in [-0.1, -0.05) is 6.92 Å². The molecule has 0 aliphatic heterocycles. The van der Waals surface area contributed by atoms with E-state index < -0.39 is 11.6 Å². The van der Waals surface area contributed by atoms with E-state index in [0.717, 1.165) is 12.0 Å². The van der Waals surface area contributed by atoms with Crippen LogP contribution in [0.15, 0.2) is 30.6 Å². The van der Waals surface area contributed by atoms with Crippen LogP contribution in [-0.2, 0) is 4.74 Å². The van der Waals surface area contributed by atoms with Crippen molar-refractivity contribution in [1.82, 2.24) is 15.3 Å². The number of nitrogens with zero attached hydrogens (tertiary/aromatic N) is 1. The van der Waals surface area contributed by atoms with Gasteiger partial charge in [0.15, 0.2) is 0 Å². The first-order valence-corrected chi connectivity index (χ1v) is 8.35. The van der Waals surface area contributed by atoms with Gasteiger partial charge in [0.05, 0.1) is 5.56 Å². The van der Waals surface area contributed by atoms with Crippen LogP contribution in [0.5, 0.6) is 0 Å². The number of aromatic amines is 1. The van der Waals surface area contributed by atoms with Gasteiger partial charge in [0.1, 0.15) is 11.3 Å². The fourth-order valence-corrected chi connectivity index (χ4v) is 2.60. The van der Waals surface area contributed by atoms with Gasteiger partial charge in [-0.15, -0.1) is 0 Å². The second-order valence-electron chi connectivity index (χ2n) is 6.85. The Morgan fingerprint density at radius 1 is 1.32 bits per heavy atom. The van der Waals surface area contributed by atoms with E-state index in [1.165, 1.54) is 13.1 Å². The topological polar surface area (TPSA) is 84.1 Å². The lowest BCUT2D eigenvalue weighted by atomic mass is 9.93. The van der Waals surface area contributed by atoms with Gasteiger partial charge in [0.25, 0.3) is 5.91 Å². The molecule has 1 unspecified atom stereocenters. The number of nitrogens with one attached hydrogen (secondary N) is 2. The molecular formula is C19H25N3O3. The van der Waals surface area contributed by atoms with Crippen LogP contribution in [0.25, 0.3) is 0 Å². The van der Waals surface area contributed by atoms with Crippen molar-refractivity contribution in [2.24, 2.45) is 0 Å². The van der Waals surface area contributed by atoms with Gasteiger partial charge < -0.3 is 15.0 Å². The van der Waals surface area contributed by atoms with Gasteiger partial charge in [-0.3, -0.25) is 4.79 Å². The molecule has 6 nitrogen and oxygen atoms in total. The van der Waals surface area contributed by atoms with Crippen molar-refractivity contribution in [2.45, 2.75) is 45.6 Å². The molecule has 0 saturated carbocycles. The Balaban J connectivity index is 2.50. The Kier molecular flexibility index (Phi) is 5.62. The maximum absolute atomic E-state index is 12.5. The van der Waals surface area contributed by atoms with E-state index in [1.807, 2.05) is 25.4 Å². The molecular weight excluding hydrogens is 318 g/mol. The third-order valence-electron chi connectivity index (χ3n) is 3.73. The molecule has 0 bridgehead atoms. The summed E-state index contributed by atoms with van der Waals surface area (Å²) in [6, 6.07) is 5.15. The summed E-state index contributed by atoms with van der Waals surface area (Å²) >= 11 is 0. The van der Waals surface area contributed by atoms with E-state index >= 15 is 0 Å². The molecule has 0 fully saturated rings. The number of carbonyl (C=O) groups is 2. The molecule has 6 heteroatoms. The molecule has 134 valence electrons. The summed E-state index contributed by atoms with van der Waals surface area (Å²) in [7, 11) is 1.54. The fraction of sp³-hybridized carbons (Fsp3) is 0.421. The standard InChI is InChI=1S/C19H25N3O3/c1-6-14(12-7-8-21-11-12)15-9-13(18(24)25-19(2,3)4)10-16(22-15)17(23)20-5/h7-11,14,21H,6H2,1-5H3,(H,20,23). The second-order valence-corrected chi connectivity index (χ2v) is 6.85. The van der Waals surface area contributed by atoms with E-state index in [2.05, 4.69) is 15.3 Å². The van der Waals surface area contributed by atoms with E-state index in [-0.39, 0.29) is 17.5 Å². The Bertz CT molecular complexity index is 746. The number of esters is 1. The van der Waals surface area contributed by atoms with Gasteiger partial charge in [0.2, 0.25) is 0 Å². The lowest BCUT2D eigenvalue weighted by Crippen LogP contribution is -2.25. The number of ether oxygens (including phenoxy) is 1. The highest BCUT2D eigenvalue weighted by Crippen LogP contribution is 2.27. The number of hydrogen-bond acceptors (Lipinski definition) is 4. The monoisotopic (exact) mass is 343 g/mol. The molecule has 2 aromatic heterocycles. The molecule has 1 amide bonds. The highest BCUT2D eigenvalue weighted by molar-refractivity contribution is 5.96. The summed E-state index contributed by atoms with van der Waals surface area (Å²) in [5.41, 5.74) is 1.64. The Labute approximate surface area is 148 Å². The first-order chi connectivity index (χ1) is 11.7. The van der Waals surface area contributed by atoms with Gasteiger partial charge in [-0.2, -0.15) is 0 Å². The van der Waals surface area contributed by atoms with Gasteiger partial charge in [-0.05, 0) is 51.0 Å². The SMILES string of the molecule is CCC(c1cc[nH]c1)c1cc(C(=O)OC(C)(C)C)cc(C(=O)NC)n1. The molecule has 0 saturated heterocycles. The van der Waals surface area contributed by atoms with E-state index in [0.29, 0.717) is 11.3 Å². The number of carbonyl (C=O) groups excluding carboxylic acids is 2. The van der Waals surface area contributed by atoms with Crippen LogP contribution in [0.3, 0.4) is 0 Å². The number of pyridine rings is 1. The van der Waals surface area contributed by atoms with Gasteiger partial charge in [-0.25, -0.2) is 9.78 Å². The van der Waals surface area contributed by atoms with Crippen molar-refractivity contribution < 1.29 is 14.3 Å². The normalized spacial score (nSPS) is 12.5. The summed E-state index contributed by atoms with van der Waals surface area (Å²) in [5, 5.41) is 2.55. The molecule has 25 heavy (non-hydrogen) atoms. The number of amides is 1. The third-order valence-corrected chi connectivity index (χ3v) is 3.73. The fourth-order valence-electron chi connectivity index (χ4n) is 2.60. The molecule has 0 aromatic carbocycles. The number of aromatic nitrogens is 2. The lowest BCUT2D eigenvalue weighted by Gasteiger charge is -2.20. The number of hydrogen-bond donors (Lipinski definition) is 2. The predicted molar refractivity (Wildman–Crippen MR) is 95.7 cm³/mol. The maximum Gasteiger partial charge on any atom is 0.338 e. The minimum Gasteiger partial charge on any atom is -0.456 e.